The number of hydrogen-bond acceptors (Lipinski definition) is 2. The highest BCUT2D eigenvalue weighted by Gasteiger charge is 1.89. The average Bonchev–Trinajstić information content (AvgIpc) is 2.30. The van der Waals surface area contributed by atoms with Crippen molar-refractivity contribution in [2.75, 3.05) is 0 Å². The van der Waals surface area contributed by atoms with Crippen molar-refractivity contribution in [3.63, 3.8) is 0 Å². The number of benzene rings is 2. The molecule has 2 aromatic carbocycles. The molecule has 0 aliphatic heterocycles. The van der Waals surface area contributed by atoms with Crippen LogP contribution in [0.15, 0.2) is 64.8 Å². The van der Waals surface area contributed by atoms with E-state index in [9.17, 15) is 0 Å². The summed E-state index contributed by atoms with van der Waals surface area (Å²) in [5.74, 6) is 0. The predicted octanol–water partition coefficient (Wildman–Crippen LogP) is 3.60. The molecule has 0 aliphatic rings. The van der Waals surface area contributed by atoms with E-state index in [1.165, 1.54) is 0 Å². The van der Waals surface area contributed by atoms with Gasteiger partial charge < -0.3 is 0 Å². The minimum atomic E-state index is 0.866. The van der Waals surface area contributed by atoms with Crippen LogP contribution in [0.2, 0.25) is 0 Å². The van der Waals surface area contributed by atoms with Gasteiger partial charge in [0.1, 0.15) is 0 Å². The smallest absolute Gasteiger partial charge is 0.0857 e. The Balaban J connectivity index is 2.15. The van der Waals surface area contributed by atoms with Crippen molar-refractivity contribution in [3.05, 3.63) is 54.6 Å². The second-order valence-electron chi connectivity index (χ2n) is 3.13. The van der Waals surface area contributed by atoms with Crippen molar-refractivity contribution in [2.45, 2.75) is 0 Å². The molecular weight excluding hydrogens is 203 g/mol. The molecule has 0 radical (unpaired) electrons. The first-order valence-corrected chi connectivity index (χ1v) is 5.25. The summed E-state index contributed by atoms with van der Waals surface area (Å²) in [6.45, 7) is 0. The van der Waals surface area contributed by atoms with Crippen LogP contribution in [-0.2, 0) is 0 Å². The summed E-state index contributed by atoms with van der Waals surface area (Å²) in [5.41, 5.74) is 1.73. The van der Waals surface area contributed by atoms with Gasteiger partial charge in [-0.05, 0) is 29.6 Å². The molecule has 0 saturated carbocycles. The molecule has 2 aromatic rings. The molecule has 15 heavy (non-hydrogen) atoms. The fourth-order valence-corrected chi connectivity index (χ4v) is 1.34. The zero-order valence-corrected chi connectivity index (χ0v) is 9.32. The molecule has 74 valence electrons. The fraction of sp³-hybridized carbons (Fsp3) is 0. The molecule has 0 aromatic heterocycles. The first kappa shape index (κ1) is 10.0. The lowest BCUT2D eigenvalue weighted by Crippen LogP contribution is -1.84. The monoisotopic (exact) mass is 214 g/mol. The molecule has 2 rings (SSSR count). The molecule has 0 saturated heterocycles. The van der Waals surface area contributed by atoms with Gasteiger partial charge in [-0.25, -0.2) is 0 Å². The Morgan fingerprint density at radius 2 is 1.20 bits per heavy atom. The summed E-state index contributed by atoms with van der Waals surface area (Å²) in [6.07, 6.45) is 0. The first-order valence-electron chi connectivity index (χ1n) is 4.67. The molecule has 0 heterocycles. The van der Waals surface area contributed by atoms with Crippen molar-refractivity contribution >= 4 is 25.9 Å². The molecule has 0 aliphatic carbocycles. The minimum absolute atomic E-state index is 0.866. The van der Waals surface area contributed by atoms with Crippen molar-refractivity contribution < 1.29 is 0 Å². The lowest BCUT2D eigenvalue weighted by molar-refractivity contribution is 1.23. The Kier molecular flexibility index (Phi) is 3.21. The summed E-state index contributed by atoms with van der Waals surface area (Å²) < 4.78 is 0. The third-order valence-corrected chi connectivity index (χ3v) is 2.32. The highest BCUT2D eigenvalue weighted by molar-refractivity contribution is 7.27. The Labute approximate surface area is 91.3 Å². The van der Waals surface area contributed by atoms with Gasteiger partial charge in [-0.3, -0.25) is 0 Å². The standard InChI is InChI=1S/C12H11N2P/c15-12-8-6-11(7-9-12)14-13-10-4-2-1-3-5-10/h1-9H,15H2/b14-13+. The Morgan fingerprint density at radius 3 is 1.80 bits per heavy atom. The number of nitrogens with zero attached hydrogens (tertiary/aromatic N) is 2. The third-order valence-electron chi connectivity index (χ3n) is 1.93. The van der Waals surface area contributed by atoms with Crippen LogP contribution in [0.25, 0.3) is 0 Å². The van der Waals surface area contributed by atoms with Gasteiger partial charge in [0.05, 0.1) is 11.4 Å². The number of azo groups is 1. The lowest BCUT2D eigenvalue weighted by Gasteiger charge is -1.93. The molecule has 0 spiro atoms. The first-order chi connectivity index (χ1) is 7.34. The van der Waals surface area contributed by atoms with E-state index in [1.807, 2.05) is 54.6 Å². The Morgan fingerprint density at radius 1 is 0.667 bits per heavy atom. The highest BCUT2D eigenvalue weighted by atomic mass is 31.0. The molecule has 0 N–H and O–H groups in total. The second kappa shape index (κ2) is 4.81. The molecular formula is C12H11N2P. The van der Waals surface area contributed by atoms with E-state index in [0.717, 1.165) is 16.7 Å². The van der Waals surface area contributed by atoms with Gasteiger partial charge in [0.25, 0.3) is 0 Å². The van der Waals surface area contributed by atoms with Gasteiger partial charge in [0.2, 0.25) is 0 Å². The van der Waals surface area contributed by atoms with E-state index >= 15 is 0 Å². The SMILES string of the molecule is Pc1ccc(/N=N/c2ccccc2)cc1. The van der Waals surface area contributed by atoms with Gasteiger partial charge in [-0.2, -0.15) is 10.2 Å². The largest absolute Gasteiger partial charge is 0.151 e. The summed E-state index contributed by atoms with van der Waals surface area (Å²) >= 11 is 0. The van der Waals surface area contributed by atoms with E-state index in [0.29, 0.717) is 0 Å². The van der Waals surface area contributed by atoms with Crippen LogP contribution >= 0.6 is 9.24 Å². The van der Waals surface area contributed by atoms with Crippen LogP contribution in [0, 0.1) is 0 Å². The molecule has 0 fully saturated rings. The van der Waals surface area contributed by atoms with Crippen molar-refractivity contribution in [1.82, 2.24) is 0 Å². The van der Waals surface area contributed by atoms with Crippen LogP contribution in [-0.4, -0.2) is 0 Å². The van der Waals surface area contributed by atoms with Crippen molar-refractivity contribution in [3.8, 4) is 0 Å². The lowest BCUT2D eigenvalue weighted by atomic mass is 10.3. The highest BCUT2D eigenvalue weighted by Crippen LogP contribution is 2.16. The summed E-state index contributed by atoms with van der Waals surface area (Å²) in [4.78, 5) is 0. The molecule has 0 amide bonds. The maximum Gasteiger partial charge on any atom is 0.0857 e. The molecule has 0 bridgehead atoms. The molecule has 3 heteroatoms. The topological polar surface area (TPSA) is 24.7 Å². The van der Waals surface area contributed by atoms with Crippen LogP contribution in [0.5, 0.6) is 0 Å². The fourth-order valence-electron chi connectivity index (χ4n) is 1.15. The number of hydrogen-bond donors (Lipinski definition) is 0. The van der Waals surface area contributed by atoms with E-state index in [-0.39, 0.29) is 0 Å². The molecule has 1 atom stereocenters. The van der Waals surface area contributed by atoms with Crippen LogP contribution in [0.4, 0.5) is 11.4 Å². The minimum Gasteiger partial charge on any atom is -0.151 e. The second-order valence-corrected chi connectivity index (χ2v) is 3.79. The van der Waals surface area contributed by atoms with Crippen LogP contribution in [0.1, 0.15) is 0 Å². The maximum absolute atomic E-state index is 4.13. The van der Waals surface area contributed by atoms with Crippen molar-refractivity contribution in [2.24, 2.45) is 10.2 Å². The molecule has 2 nitrogen and oxygen atoms in total. The van der Waals surface area contributed by atoms with Gasteiger partial charge in [-0.1, -0.05) is 30.3 Å². The van der Waals surface area contributed by atoms with E-state index < -0.39 is 0 Å². The maximum atomic E-state index is 4.13. The summed E-state index contributed by atoms with van der Waals surface area (Å²) in [5, 5.41) is 9.40. The Hall–Kier alpha value is -1.53. The zero-order valence-electron chi connectivity index (χ0n) is 8.17. The normalized spacial score (nSPS) is 10.7. The van der Waals surface area contributed by atoms with E-state index in [1.54, 1.807) is 0 Å². The predicted molar refractivity (Wildman–Crippen MR) is 66.4 cm³/mol. The van der Waals surface area contributed by atoms with Crippen molar-refractivity contribution in [1.29, 1.82) is 0 Å². The third kappa shape index (κ3) is 2.97. The average molecular weight is 214 g/mol. The van der Waals surface area contributed by atoms with Gasteiger partial charge >= 0.3 is 0 Å². The van der Waals surface area contributed by atoms with Gasteiger partial charge in [0, 0.05) is 0 Å². The van der Waals surface area contributed by atoms with Gasteiger partial charge in [-0.15, -0.1) is 9.24 Å². The van der Waals surface area contributed by atoms with E-state index in [4.69, 9.17) is 0 Å². The van der Waals surface area contributed by atoms with E-state index in [2.05, 4.69) is 19.5 Å². The number of rotatable bonds is 2. The zero-order chi connectivity index (χ0) is 10.5. The quantitative estimate of drug-likeness (QED) is 0.539. The van der Waals surface area contributed by atoms with Gasteiger partial charge in [0.15, 0.2) is 0 Å². The Bertz CT molecular complexity index is 449. The van der Waals surface area contributed by atoms with Crippen LogP contribution < -0.4 is 5.30 Å². The summed E-state index contributed by atoms with van der Waals surface area (Å²) in [7, 11) is 2.64. The summed E-state index contributed by atoms with van der Waals surface area (Å²) in [6, 6.07) is 17.6. The van der Waals surface area contributed by atoms with Crippen LogP contribution in [0.3, 0.4) is 0 Å². The molecule has 1 unspecified atom stereocenters.